The van der Waals surface area contributed by atoms with Crippen LogP contribution in [0.5, 0.6) is 0 Å². The SMILES string of the molecule is CC1(C)OB(c2cccc(NC(=O)c3ccncn3)c2F)OC1(C)C. The number of rotatable bonds is 3. The normalized spacial score (nSPS) is 18.2. The van der Waals surface area contributed by atoms with E-state index in [1.807, 2.05) is 27.7 Å². The van der Waals surface area contributed by atoms with Gasteiger partial charge in [0.1, 0.15) is 17.8 Å². The molecule has 8 heteroatoms. The summed E-state index contributed by atoms with van der Waals surface area (Å²) in [6, 6.07) is 6.14. The molecule has 0 saturated carbocycles. The van der Waals surface area contributed by atoms with Crippen molar-refractivity contribution < 1.29 is 18.5 Å². The number of hydrogen-bond donors (Lipinski definition) is 1. The molecule has 1 aliphatic rings. The molecule has 2 heterocycles. The summed E-state index contributed by atoms with van der Waals surface area (Å²) in [6.07, 6.45) is 2.70. The van der Waals surface area contributed by atoms with Crippen LogP contribution in [0.2, 0.25) is 0 Å². The lowest BCUT2D eigenvalue weighted by molar-refractivity contribution is 0.00578. The molecule has 25 heavy (non-hydrogen) atoms. The first-order valence-electron chi connectivity index (χ1n) is 7.93. The van der Waals surface area contributed by atoms with Crippen LogP contribution in [-0.4, -0.2) is 34.2 Å². The summed E-state index contributed by atoms with van der Waals surface area (Å²) < 4.78 is 26.7. The summed E-state index contributed by atoms with van der Waals surface area (Å²) in [4.78, 5) is 19.8. The number of amides is 1. The van der Waals surface area contributed by atoms with Crippen LogP contribution in [-0.2, 0) is 9.31 Å². The van der Waals surface area contributed by atoms with E-state index in [-0.39, 0.29) is 16.8 Å². The maximum atomic E-state index is 14.9. The average molecular weight is 343 g/mol. The molecule has 1 aliphatic heterocycles. The second-order valence-corrected chi connectivity index (χ2v) is 6.85. The quantitative estimate of drug-likeness (QED) is 0.865. The van der Waals surface area contributed by atoms with E-state index in [9.17, 15) is 9.18 Å². The van der Waals surface area contributed by atoms with Crippen LogP contribution in [0.4, 0.5) is 10.1 Å². The lowest BCUT2D eigenvalue weighted by atomic mass is 9.78. The van der Waals surface area contributed by atoms with Crippen LogP contribution < -0.4 is 10.8 Å². The van der Waals surface area contributed by atoms with Gasteiger partial charge >= 0.3 is 7.12 Å². The van der Waals surface area contributed by atoms with E-state index in [0.717, 1.165) is 0 Å². The summed E-state index contributed by atoms with van der Waals surface area (Å²) in [5.41, 5.74) is -0.736. The van der Waals surface area contributed by atoms with E-state index in [4.69, 9.17) is 9.31 Å². The molecule has 1 saturated heterocycles. The van der Waals surface area contributed by atoms with E-state index < -0.39 is 30.0 Å². The molecule has 1 N–H and O–H groups in total. The Morgan fingerprint density at radius 1 is 1.16 bits per heavy atom. The zero-order valence-electron chi connectivity index (χ0n) is 14.5. The molecule has 0 bridgehead atoms. The van der Waals surface area contributed by atoms with Crippen LogP contribution >= 0.6 is 0 Å². The number of anilines is 1. The second kappa shape index (κ2) is 6.20. The minimum absolute atomic E-state index is 0.0378. The highest BCUT2D eigenvalue weighted by Gasteiger charge is 2.52. The number of aromatic nitrogens is 2. The van der Waals surface area contributed by atoms with Crippen molar-refractivity contribution in [1.29, 1.82) is 0 Å². The maximum absolute atomic E-state index is 14.9. The van der Waals surface area contributed by atoms with E-state index in [0.29, 0.717) is 0 Å². The molecule has 0 spiro atoms. The first kappa shape index (κ1) is 17.5. The van der Waals surface area contributed by atoms with Crippen molar-refractivity contribution in [3.63, 3.8) is 0 Å². The van der Waals surface area contributed by atoms with E-state index in [1.165, 1.54) is 24.7 Å². The van der Waals surface area contributed by atoms with Crippen LogP contribution in [0.3, 0.4) is 0 Å². The Morgan fingerprint density at radius 2 is 1.84 bits per heavy atom. The summed E-state index contributed by atoms with van der Waals surface area (Å²) >= 11 is 0. The number of carbonyl (C=O) groups is 1. The number of hydrogen-bond acceptors (Lipinski definition) is 5. The van der Waals surface area contributed by atoms with Crippen LogP contribution in [0.1, 0.15) is 38.2 Å². The Bertz CT molecular complexity index is 783. The molecular weight excluding hydrogens is 324 g/mol. The lowest BCUT2D eigenvalue weighted by Gasteiger charge is -2.32. The minimum Gasteiger partial charge on any atom is -0.399 e. The fraction of sp³-hybridized carbons (Fsp3) is 0.353. The fourth-order valence-corrected chi connectivity index (χ4v) is 2.41. The summed E-state index contributed by atoms with van der Waals surface area (Å²) in [6.45, 7) is 7.58. The van der Waals surface area contributed by atoms with Crippen molar-refractivity contribution in [3.05, 3.63) is 48.3 Å². The Balaban J connectivity index is 1.85. The molecule has 6 nitrogen and oxygen atoms in total. The molecule has 0 unspecified atom stereocenters. The zero-order valence-corrected chi connectivity index (χ0v) is 14.5. The Hall–Kier alpha value is -2.32. The van der Waals surface area contributed by atoms with Gasteiger partial charge in [0.25, 0.3) is 5.91 Å². The lowest BCUT2D eigenvalue weighted by Crippen LogP contribution is -2.41. The molecule has 1 fully saturated rings. The Labute approximate surface area is 145 Å². The maximum Gasteiger partial charge on any atom is 0.497 e. The Morgan fingerprint density at radius 3 is 2.44 bits per heavy atom. The van der Waals surface area contributed by atoms with Gasteiger partial charge < -0.3 is 14.6 Å². The van der Waals surface area contributed by atoms with Gasteiger partial charge in [-0.3, -0.25) is 4.79 Å². The molecule has 0 radical (unpaired) electrons. The van der Waals surface area contributed by atoms with Gasteiger partial charge in [-0.2, -0.15) is 0 Å². The molecule has 1 aromatic carbocycles. The summed E-state index contributed by atoms with van der Waals surface area (Å²) in [5, 5.41) is 2.52. The van der Waals surface area contributed by atoms with E-state index in [1.54, 1.807) is 12.1 Å². The van der Waals surface area contributed by atoms with Crippen molar-refractivity contribution in [1.82, 2.24) is 9.97 Å². The van der Waals surface area contributed by atoms with Crippen molar-refractivity contribution in [2.24, 2.45) is 0 Å². The van der Waals surface area contributed by atoms with Crippen LogP contribution in [0.25, 0.3) is 0 Å². The minimum atomic E-state index is -0.846. The smallest absolute Gasteiger partial charge is 0.399 e. The standard InChI is InChI=1S/C17H19BFN3O3/c1-16(2)17(3,4)25-18(24-16)11-6-5-7-12(14(11)19)22-15(23)13-8-9-20-10-21-13/h5-10H,1-4H3,(H,22,23). The van der Waals surface area contributed by atoms with Gasteiger partial charge in [0, 0.05) is 11.7 Å². The highest BCUT2D eigenvalue weighted by Crippen LogP contribution is 2.36. The van der Waals surface area contributed by atoms with Crippen LogP contribution in [0.15, 0.2) is 36.8 Å². The monoisotopic (exact) mass is 343 g/mol. The molecule has 1 aromatic heterocycles. The second-order valence-electron chi connectivity index (χ2n) is 6.85. The largest absolute Gasteiger partial charge is 0.497 e. The molecule has 1 amide bonds. The zero-order chi connectivity index (χ0) is 18.2. The van der Waals surface area contributed by atoms with Gasteiger partial charge in [0.15, 0.2) is 0 Å². The van der Waals surface area contributed by atoms with Crippen LogP contribution in [0, 0.1) is 5.82 Å². The third-order valence-electron chi connectivity index (χ3n) is 4.60. The van der Waals surface area contributed by atoms with Crippen molar-refractivity contribution in [2.75, 3.05) is 5.32 Å². The number of halogens is 1. The molecule has 0 aliphatic carbocycles. The van der Waals surface area contributed by atoms with Gasteiger partial charge in [0.2, 0.25) is 0 Å². The number of carbonyl (C=O) groups excluding carboxylic acids is 1. The predicted molar refractivity (Wildman–Crippen MR) is 92.1 cm³/mol. The topological polar surface area (TPSA) is 73.3 Å². The van der Waals surface area contributed by atoms with Gasteiger partial charge in [-0.15, -0.1) is 0 Å². The first-order valence-corrected chi connectivity index (χ1v) is 7.93. The van der Waals surface area contributed by atoms with Crippen molar-refractivity contribution in [2.45, 2.75) is 38.9 Å². The predicted octanol–water partition coefficient (Wildman–Crippen LogP) is 2.17. The molecule has 0 atom stereocenters. The molecule has 2 aromatic rings. The van der Waals surface area contributed by atoms with Gasteiger partial charge in [0.05, 0.1) is 16.9 Å². The first-order chi connectivity index (χ1) is 11.7. The van der Waals surface area contributed by atoms with E-state index in [2.05, 4.69) is 15.3 Å². The van der Waals surface area contributed by atoms with Gasteiger partial charge in [-0.1, -0.05) is 12.1 Å². The average Bonchev–Trinajstić information content (AvgIpc) is 2.78. The fourth-order valence-electron chi connectivity index (χ4n) is 2.41. The molecular formula is C17H19BFN3O3. The molecule has 3 rings (SSSR count). The van der Waals surface area contributed by atoms with E-state index >= 15 is 0 Å². The molecule has 130 valence electrons. The summed E-state index contributed by atoms with van der Waals surface area (Å²) in [5.74, 6) is -1.12. The number of benzene rings is 1. The third-order valence-corrected chi connectivity index (χ3v) is 4.60. The summed E-state index contributed by atoms with van der Waals surface area (Å²) in [7, 11) is -0.846. The highest BCUT2D eigenvalue weighted by molar-refractivity contribution is 6.62. The third kappa shape index (κ3) is 3.27. The van der Waals surface area contributed by atoms with Gasteiger partial charge in [-0.25, -0.2) is 14.4 Å². The Kier molecular flexibility index (Phi) is 4.34. The number of nitrogens with one attached hydrogen (secondary N) is 1. The number of nitrogens with zero attached hydrogens (tertiary/aromatic N) is 2. The van der Waals surface area contributed by atoms with Crippen molar-refractivity contribution in [3.8, 4) is 0 Å². The van der Waals surface area contributed by atoms with Gasteiger partial charge in [-0.05, 0) is 39.8 Å². The highest BCUT2D eigenvalue weighted by atomic mass is 19.1. The van der Waals surface area contributed by atoms with Crippen molar-refractivity contribution >= 4 is 24.2 Å².